The van der Waals surface area contributed by atoms with E-state index in [1.54, 1.807) is 0 Å². The quantitative estimate of drug-likeness (QED) is 0.752. The van der Waals surface area contributed by atoms with E-state index >= 15 is 0 Å². The lowest BCUT2D eigenvalue weighted by molar-refractivity contribution is -0.141. The minimum Gasteiger partial charge on any atom is -0.481 e. The maximum atomic E-state index is 11.5. The van der Waals surface area contributed by atoms with Crippen molar-refractivity contribution < 1.29 is 14.7 Å². The zero-order valence-corrected chi connectivity index (χ0v) is 10.0. The molecule has 4 heteroatoms. The maximum absolute atomic E-state index is 11.5. The minimum absolute atomic E-state index is 0.0599. The summed E-state index contributed by atoms with van der Waals surface area (Å²) in [6.07, 6.45) is 3.50. The lowest BCUT2D eigenvalue weighted by Gasteiger charge is -2.12. The lowest BCUT2D eigenvalue weighted by atomic mass is 10.1. The van der Waals surface area contributed by atoms with E-state index in [0.717, 1.165) is 12.8 Å². The summed E-state index contributed by atoms with van der Waals surface area (Å²) in [5.74, 6) is -0.417. The summed E-state index contributed by atoms with van der Waals surface area (Å²) in [4.78, 5) is 22.3. The Balaban J connectivity index is 2.23. The molecule has 0 spiro atoms. The van der Waals surface area contributed by atoms with Gasteiger partial charge in [0.1, 0.15) is 0 Å². The van der Waals surface area contributed by atoms with Gasteiger partial charge in [-0.3, -0.25) is 9.59 Å². The Bertz CT molecular complexity index is 263. The van der Waals surface area contributed by atoms with Crippen molar-refractivity contribution in [3.63, 3.8) is 0 Å². The normalized spacial score (nSPS) is 24.7. The summed E-state index contributed by atoms with van der Waals surface area (Å²) in [7, 11) is 0. The molecule has 2 atom stereocenters. The molecule has 1 aliphatic carbocycles. The minimum atomic E-state index is -0.737. The lowest BCUT2D eigenvalue weighted by Crippen LogP contribution is -2.33. The molecule has 0 heterocycles. The van der Waals surface area contributed by atoms with Crippen LogP contribution < -0.4 is 5.32 Å². The number of hydrogen-bond acceptors (Lipinski definition) is 2. The molecule has 16 heavy (non-hydrogen) atoms. The fourth-order valence-electron chi connectivity index (χ4n) is 2.06. The molecule has 1 saturated carbocycles. The second kappa shape index (κ2) is 5.87. The third-order valence-electron chi connectivity index (χ3n) is 3.10. The van der Waals surface area contributed by atoms with Gasteiger partial charge in [0, 0.05) is 12.5 Å². The van der Waals surface area contributed by atoms with Crippen LogP contribution in [0.1, 0.15) is 46.0 Å². The molecular weight excluding hydrogens is 206 g/mol. The van der Waals surface area contributed by atoms with Gasteiger partial charge in [0.05, 0.1) is 5.92 Å². The molecular formula is C12H21NO3. The van der Waals surface area contributed by atoms with Gasteiger partial charge in [-0.05, 0) is 31.6 Å². The average Bonchev–Trinajstić information content (AvgIpc) is 2.63. The van der Waals surface area contributed by atoms with Crippen molar-refractivity contribution in [2.45, 2.75) is 52.0 Å². The summed E-state index contributed by atoms with van der Waals surface area (Å²) >= 11 is 0. The highest BCUT2D eigenvalue weighted by atomic mass is 16.4. The molecule has 0 bridgehead atoms. The van der Waals surface area contributed by atoms with Crippen molar-refractivity contribution >= 4 is 11.9 Å². The predicted octanol–water partition coefficient (Wildman–Crippen LogP) is 1.79. The molecule has 0 aliphatic heterocycles. The van der Waals surface area contributed by atoms with Crippen LogP contribution in [0.4, 0.5) is 0 Å². The molecule has 1 rings (SSSR count). The van der Waals surface area contributed by atoms with Crippen LogP contribution >= 0.6 is 0 Å². The summed E-state index contributed by atoms with van der Waals surface area (Å²) in [5, 5.41) is 11.7. The fourth-order valence-corrected chi connectivity index (χ4v) is 2.06. The number of carbonyl (C=O) groups excluding carboxylic acids is 1. The third-order valence-corrected chi connectivity index (χ3v) is 3.10. The maximum Gasteiger partial charge on any atom is 0.306 e. The Labute approximate surface area is 96.4 Å². The van der Waals surface area contributed by atoms with Crippen molar-refractivity contribution in [3.8, 4) is 0 Å². The van der Waals surface area contributed by atoms with Gasteiger partial charge in [0.2, 0.25) is 5.91 Å². The molecule has 2 unspecified atom stereocenters. The first-order chi connectivity index (χ1) is 7.49. The van der Waals surface area contributed by atoms with Crippen LogP contribution in [0.5, 0.6) is 0 Å². The van der Waals surface area contributed by atoms with E-state index in [0.29, 0.717) is 25.2 Å². The Morgan fingerprint density at radius 1 is 1.38 bits per heavy atom. The van der Waals surface area contributed by atoms with E-state index in [2.05, 4.69) is 19.2 Å². The molecule has 1 fully saturated rings. The Morgan fingerprint density at radius 2 is 2.06 bits per heavy atom. The van der Waals surface area contributed by atoms with E-state index in [4.69, 9.17) is 5.11 Å². The molecule has 1 amide bonds. The Hall–Kier alpha value is -1.06. The van der Waals surface area contributed by atoms with Gasteiger partial charge in [0.15, 0.2) is 0 Å². The molecule has 4 nitrogen and oxygen atoms in total. The number of amides is 1. The summed E-state index contributed by atoms with van der Waals surface area (Å²) in [5.41, 5.74) is 0. The first kappa shape index (κ1) is 13.0. The molecule has 0 aromatic heterocycles. The number of rotatable bonds is 5. The second-order valence-corrected chi connectivity index (χ2v) is 5.05. The van der Waals surface area contributed by atoms with Crippen LogP contribution in [0, 0.1) is 11.8 Å². The highest BCUT2D eigenvalue weighted by Gasteiger charge is 2.30. The number of carboxylic acids is 1. The number of carbonyl (C=O) groups is 2. The van der Waals surface area contributed by atoms with Crippen molar-refractivity contribution in [3.05, 3.63) is 0 Å². The van der Waals surface area contributed by atoms with Gasteiger partial charge in [-0.2, -0.15) is 0 Å². The highest BCUT2D eigenvalue weighted by molar-refractivity contribution is 5.76. The molecule has 92 valence electrons. The SMILES string of the molecule is CC(C)CCC(=O)NC1CCC(C(=O)O)C1. The topological polar surface area (TPSA) is 66.4 Å². The van der Waals surface area contributed by atoms with Crippen molar-refractivity contribution in [2.75, 3.05) is 0 Å². The van der Waals surface area contributed by atoms with Crippen LogP contribution in [0.3, 0.4) is 0 Å². The van der Waals surface area contributed by atoms with Crippen molar-refractivity contribution in [1.82, 2.24) is 5.32 Å². The van der Waals surface area contributed by atoms with Gasteiger partial charge in [-0.15, -0.1) is 0 Å². The van der Waals surface area contributed by atoms with Gasteiger partial charge < -0.3 is 10.4 Å². The second-order valence-electron chi connectivity index (χ2n) is 5.05. The summed E-state index contributed by atoms with van der Waals surface area (Å²) < 4.78 is 0. The van der Waals surface area contributed by atoms with Gasteiger partial charge in [-0.25, -0.2) is 0 Å². The number of aliphatic carboxylic acids is 1. The molecule has 0 aromatic rings. The van der Waals surface area contributed by atoms with Crippen LogP contribution in [-0.2, 0) is 9.59 Å². The molecule has 1 aliphatic rings. The number of carboxylic acid groups (broad SMARTS) is 1. The van der Waals surface area contributed by atoms with Crippen molar-refractivity contribution in [1.29, 1.82) is 0 Å². The van der Waals surface area contributed by atoms with E-state index in [1.807, 2.05) is 0 Å². The van der Waals surface area contributed by atoms with E-state index < -0.39 is 5.97 Å². The predicted molar refractivity (Wildman–Crippen MR) is 61.0 cm³/mol. The van der Waals surface area contributed by atoms with E-state index in [9.17, 15) is 9.59 Å². The van der Waals surface area contributed by atoms with Crippen LogP contribution in [0.25, 0.3) is 0 Å². The first-order valence-corrected chi connectivity index (χ1v) is 6.01. The smallest absolute Gasteiger partial charge is 0.306 e. The van der Waals surface area contributed by atoms with Crippen molar-refractivity contribution in [2.24, 2.45) is 11.8 Å². The largest absolute Gasteiger partial charge is 0.481 e. The Kier molecular flexibility index (Phi) is 4.77. The summed E-state index contributed by atoms with van der Waals surface area (Å²) in [6, 6.07) is 0.0702. The summed E-state index contributed by atoms with van der Waals surface area (Å²) in [6.45, 7) is 4.17. The van der Waals surface area contributed by atoms with Gasteiger partial charge in [-0.1, -0.05) is 13.8 Å². The Morgan fingerprint density at radius 3 is 2.56 bits per heavy atom. The monoisotopic (exact) mass is 227 g/mol. The number of hydrogen-bond donors (Lipinski definition) is 2. The standard InChI is InChI=1S/C12H21NO3/c1-8(2)3-6-11(14)13-10-5-4-9(7-10)12(15)16/h8-10H,3-7H2,1-2H3,(H,13,14)(H,15,16). The van der Waals surface area contributed by atoms with Crippen LogP contribution in [0.15, 0.2) is 0 Å². The average molecular weight is 227 g/mol. The first-order valence-electron chi connectivity index (χ1n) is 6.01. The molecule has 0 saturated heterocycles. The number of nitrogens with one attached hydrogen (secondary N) is 1. The van der Waals surface area contributed by atoms with Crippen LogP contribution in [0.2, 0.25) is 0 Å². The van der Waals surface area contributed by atoms with E-state index in [1.165, 1.54) is 0 Å². The van der Waals surface area contributed by atoms with Gasteiger partial charge >= 0.3 is 5.97 Å². The van der Waals surface area contributed by atoms with E-state index in [-0.39, 0.29) is 17.9 Å². The fraction of sp³-hybridized carbons (Fsp3) is 0.833. The molecule has 0 aromatic carbocycles. The zero-order valence-electron chi connectivity index (χ0n) is 10.0. The zero-order chi connectivity index (χ0) is 12.1. The molecule has 0 radical (unpaired) electrons. The van der Waals surface area contributed by atoms with Crippen LogP contribution in [-0.4, -0.2) is 23.0 Å². The highest BCUT2D eigenvalue weighted by Crippen LogP contribution is 2.25. The van der Waals surface area contributed by atoms with Gasteiger partial charge in [0.25, 0.3) is 0 Å². The molecule has 2 N–H and O–H groups in total. The third kappa shape index (κ3) is 4.21.